The lowest BCUT2D eigenvalue weighted by Gasteiger charge is -2.19. The fourth-order valence-electron chi connectivity index (χ4n) is 2.89. The molecule has 0 aliphatic rings. The standard InChI is InChI=1S/C22H28N6O/c1-16(19-10-6-5-7-11-19)25-22(24-15-21-27-26-17(2)28(21)3)23-14-18-9-8-12-20(13-18)29-4/h5-13,16H,14-15H2,1-4H3,(H2,23,24,25). The van der Waals surface area contributed by atoms with Crippen molar-refractivity contribution >= 4 is 5.96 Å². The molecule has 0 bridgehead atoms. The highest BCUT2D eigenvalue weighted by atomic mass is 16.5. The third-order valence-electron chi connectivity index (χ3n) is 4.80. The van der Waals surface area contributed by atoms with Crippen LogP contribution in [-0.2, 0) is 20.1 Å². The van der Waals surface area contributed by atoms with Gasteiger partial charge in [-0.2, -0.15) is 0 Å². The fourth-order valence-corrected chi connectivity index (χ4v) is 2.89. The summed E-state index contributed by atoms with van der Waals surface area (Å²) < 4.78 is 7.27. The van der Waals surface area contributed by atoms with Crippen molar-refractivity contribution in [1.82, 2.24) is 25.4 Å². The Balaban J connectivity index is 1.74. The highest BCUT2D eigenvalue weighted by Gasteiger charge is 2.10. The topological polar surface area (TPSA) is 76.4 Å². The van der Waals surface area contributed by atoms with E-state index in [1.165, 1.54) is 5.56 Å². The van der Waals surface area contributed by atoms with E-state index in [9.17, 15) is 0 Å². The quantitative estimate of drug-likeness (QED) is 0.477. The minimum atomic E-state index is 0.106. The van der Waals surface area contributed by atoms with E-state index in [2.05, 4.69) is 39.9 Å². The molecule has 2 aromatic carbocycles. The first-order valence-corrected chi connectivity index (χ1v) is 9.64. The van der Waals surface area contributed by atoms with Gasteiger partial charge in [0.05, 0.1) is 26.2 Å². The normalized spacial score (nSPS) is 12.5. The predicted molar refractivity (Wildman–Crippen MR) is 115 cm³/mol. The molecule has 0 saturated heterocycles. The SMILES string of the molecule is COc1cccc(CN=C(NCc2nnc(C)n2C)NC(C)c2ccccc2)c1. The van der Waals surface area contributed by atoms with Crippen LogP contribution < -0.4 is 15.4 Å². The van der Waals surface area contributed by atoms with Crippen LogP contribution in [0, 0.1) is 6.92 Å². The first-order valence-electron chi connectivity index (χ1n) is 9.64. The Kier molecular flexibility index (Phi) is 6.84. The summed E-state index contributed by atoms with van der Waals surface area (Å²) in [6, 6.07) is 18.3. The molecule has 0 amide bonds. The molecule has 0 fully saturated rings. The van der Waals surface area contributed by atoms with Crippen molar-refractivity contribution in [3.63, 3.8) is 0 Å². The van der Waals surface area contributed by atoms with Crippen LogP contribution in [-0.4, -0.2) is 27.8 Å². The van der Waals surface area contributed by atoms with Crippen LogP contribution in [0.1, 0.15) is 35.7 Å². The first-order chi connectivity index (χ1) is 14.1. The average molecular weight is 393 g/mol. The van der Waals surface area contributed by atoms with Gasteiger partial charge < -0.3 is 19.9 Å². The second-order valence-electron chi connectivity index (χ2n) is 6.87. The number of hydrogen-bond acceptors (Lipinski definition) is 4. The smallest absolute Gasteiger partial charge is 0.192 e. The van der Waals surface area contributed by atoms with Crippen LogP contribution in [0.2, 0.25) is 0 Å². The number of nitrogens with zero attached hydrogens (tertiary/aromatic N) is 4. The lowest BCUT2D eigenvalue weighted by atomic mass is 10.1. The molecule has 7 nitrogen and oxygen atoms in total. The number of aromatic nitrogens is 3. The van der Waals surface area contributed by atoms with Crippen LogP contribution in [0.15, 0.2) is 59.6 Å². The number of rotatable bonds is 7. The molecule has 0 aliphatic heterocycles. The largest absolute Gasteiger partial charge is 0.497 e. The van der Waals surface area contributed by atoms with Crippen LogP contribution in [0.3, 0.4) is 0 Å². The average Bonchev–Trinajstić information content (AvgIpc) is 3.08. The van der Waals surface area contributed by atoms with Gasteiger partial charge in [0, 0.05) is 7.05 Å². The van der Waals surface area contributed by atoms with Crippen molar-refractivity contribution in [2.24, 2.45) is 12.0 Å². The Labute approximate surface area is 171 Å². The Bertz CT molecular complexity index is 951. The third-order valence-corrected chi connectivity index (χ3v) is 4.80. The molecule has 3 rings (SSSR count). The van der Waals surface area contributed by atoms with E-state index in [0.717, 1.165) is 23.0 Å². The van der Waals surface area contributed by atoms with Crippen molar-refractivity contribution < 1.29 is 4.74 Å². The number of guanidine groups is 1. The van der Waals surface area contributed by atoms with Crippen LogP contribution >= 0.6 is 0 Å². The van der Waals surface area contributed by atoms with Gasteiger partial charge in [0.1, 0.15) is 11.6 Å². The molecule has 0 aliphatic carbocycles. The molecule has 7 heteroatoms. The summed E-state index contributed by atoms with van der Waals surface area (Å²) in [4.78, 5) is 4.77. The number of aryl methyl sites for hydroxylation is 1. The Morgan fingerprint density at radius 2 is 1.93 bits per heavy atom. The summed E-state index contributed by atoms with van der Waals surface area (Å²) in [5, 5.41) is 15.2. The summed E-state index contributed by atoms with van der Waals surface area (Å²) in [6.07, 6.45) is 0. The highest BCUT2D eigenvalue weighted by molar-refractivity contribution is 5.80. The van der Waals surface area contributed by atoms with Crippen LogP contribution in [0.25, 0.3) is 0 Å². The second kappa shape index (κ2) is 9.73. The molecule has 0 spiro atoms. The molecule has 0 saturated carbocycles. The van der Waals surface area contributed by atoms with Crippen molar-refractivity contribution in [1.29, 1.82) is 0 Å². The zero-order valence-electron chi connectivity index (χ0n) is 17.4. The zero-order valence-corrected chi connectivity index (χ0v) is 17.4. The second-order valence-corrected chi connectivity index (χ2v) is 6.87. The van der Waals surface area contributed by atoms with Gasteiger partial charge in [-0.05, 0) is 37.1 Å². The summed E-state index contributed by atoms with van der Waals surface area (Å²) >= 11 is 0. The Morgan fingerprint density at radius 1 is 1.14 bits per heavy atom. The molecule has 3 aromatic rings. The maximum Gasteiger partial charge on any atom is 0.192 e. The van der Waals surface area contributed by atoms with Crippen LogP contribution in [0.5, 0.6) is 5.75 Å². The van der Waals surface area contributed by atoms with E-state index in [1.807, 2.05) is 61.0 Å². The van der Waals surface area contributed by atoms with Crippen LogP contribution in [0.4, 0.5) is 0 Å². The van der Waals surface area contributed by atoms with E-state index >= 15 is 0 Å². The van der Waals surface area contributed by atoms with E-state index in [-0.39, 0.29) is 6.04 Å². The Morgan fingerprint density at radius 3 is 2.62 bits per heavy atom. The van der Waals surface area contributed by atoms with Crippen molar-refractivity contribution in [3.05, 3.63) is 77.4 Å². The minimum absolute atomic E-state index is 0.106. The van der Waals surface area contributed by atoms with Gasteiger partial charge >= 0.3 is 0 Å². The van der Waals surface area contributed by atoms with E-state index in [0.29, 0.717) is 19.0 Å². The number of benzene rings is 2. The first kappa shape index (κ1) is 20.4. The zero-order chi connectivity index (χ0) is 20.6. The molecule has 1 aromatic heterocycles. The highest BCUT2D eigenvalue weighted by Crippen LogP contribution is 2.14. The van der Waals surface area contributed by atoms with Crippen molar-refractivity contribution in [2.45, 2.75) is 33.0 Å². The lowest BCUT2D eigenvalue weighted by Crippen LogP contribution is -2.39. The predicted octanol–water partition coefficient (Wildman–Crippen LogP) is 3.13. The summed E-state index contributed by atoms with van der Waals surface area (Å²) in [6.45, 7) is 5.11. The molecule has 2 N–H and O–H groups in total. The molecule has 1 heterocycles. The van der Waals surface area contributed by atoms with E-state index in [4.69, 9.17) is 9.73 Å². The van der Waals surface area contributed by atoms with Gasteiger partial charge in [-0.3, -0.25) is 0 Å². The van der Waals surface area contributed by atoms with Gasteiger partial charge in [-0.25, -0.2) is 4.99 Å². The maximum absolute atomic E-state index is 5.31. The number of nitrogens with one attached hydrogen (secondary N) is 2. The summed E-state index contributed by atoms with van der Waals surface area (Å²) in [7, 11) is 3.63. The number of aliphatic imine (C=N–C) groups is 1. The molecule has 0 radical (unpaired) electrons. The van der Waals surface area contributed by atoms with Crippen molar-refractivity contribution in [3.8, 4) is 5.75 Å². The molecular formula is C22H28N6O. The molecule has 29 heavy (non-hydrogen) atoms. The van der Waals surface area contributed by atoms with Gasteiger partial charge in [0.15, 0.2) is 11.8 Å². The van der Waals surface area contributed by atoms with Gasteiger partial charge in [0.25, 0.3) is 0 Å². The summed E-state index contributed by atoms with van der Waals surface area (Å²) in [5.41, 5.74) is 2.27. The third kappa shape index (κ3) is 5.57. The monoisotopic (exact) mass is 392 g/mol. The molecule has 1 unspecified atom stereocenters. The van der Waals surface area contributed by atoms with E-state index in [1.54, 1.807) is 7.11 Å². The van der Waals surface area contributed by atoms with Crippen molar-refractivity contribution in [2.75, 3.05) is 7.11 Å². The molecular weight excluding hydrogens is 364 g/mol. The van der Waals surface area contributed by atoms with Gasteiger partial charge in [0.2, 0.25) is 0 Å². The van der Waals surface area contributed by atoms with Gasteiger partial charge in [-0.15, -0.1) is 10.2 Å². The molecule has 152 valence electrons. The Hall–Kier alpha value is -3.35. The minimum Gasteiger partial charge on any atom is -0.497 e. The van der Waals surface area contributed by atoms with E-state index < -0.39 is 0 Å². The lowest BCUT2D eigenvalue weighted by molar-refractivity contribution is 0.414. The number of methoxy groups -OCH3 is 1. The molecule has 1 atom stereocenters. The number of ether oxygens (including phenoxy) is 1. The summed E-state index contributed by atoms with van der Waals surface area (Å²) in [5.74, 6) is 3.27. The maximum atomic E-state index is 5.31. The van der Waals surface area contributed by atoms with Gasteiger partial charge in [-0.1, -0.05) is 42.5 Å². The fraction of sp³-hybridized carbons (Fsp3) is 0.318. The number of hydrogen-bond donors (Lipinski definition) is 2.